The van der Waals surface area contributed by atoms with Crippen molar-refractivity contribution in [3.05, 3.63) is 45.4 Å². The fourth-order valence-electron chi connectivity index (χ4n) is 3.70. The highest BCUT2D eigenvalue weighted by Crippen LogP contribution is 2.40. The molecule has 0 saturated carbocycles. The van der Waals surface area contributed by atoms with Crippen molar-refractivity contribution in [1.82, 2.24) is 0 Å². The molecule has 0 aromatic heterocycles. The second kappa shape index (κ2) is 9.18. The maximum absolute atomic E-state index is 13.1. The predicted molar refractivity (Wildman–Crippen MR) is 124 cm³/mol. The number of sulfone groups is 1. The minimum atomic E-state index is -3.83. The summed E-state index contributed by atoms with van der Waals surface area (Å²) in [5, 5.41) is 2.97. The summed E-state index contributed by atoms with van der Waals surface area (Å²) in [5.74, 6) is -0.617. The van der Waals surface area contributed by atoms with Gasteiger partial charge in [-0.15, -0.1) is 0 Å². The number of nitrogens with zero attached hydrogens (tertiary/aromatic N) is 1. The van der Waals surface area contributed by atoms with Crippen LogP contribution in [0.5, 0.6) is 5.75 Å². The molecular formula is C21H22BrClN2O5S. The van der Waals surface area contributed by atoms with Gasteiger partial charge < -0.3 is 15.0 Å². The number of amides is 2. The van der Waals surface area contributed by atoms with E-state index in [0.29, 0.717) is 33.0 Å². The molecule has 1 heterocycles. The van der Waals surface area contributed by atoms with Gasteiger partial charge in [0.05, 0.1) is 28.5 Å². The molecule has 2 amide bonds. The molecule has 0 fully saturated rings. The molecule has 2 aromatic carbocycles. The third-order valence-corrected chi connectivity index (χ3v) is 7.50. The first-order valence-corrected chi connectivity index (χ1v) is 12.3. The van der Waals surface area contributed by atoms with Gasteiger partial charge in [-0.25, -0.2) is 8.42 Å². The Morgan fingerprint density at radius 2 is 2.00 bits per heavy atom. The van der Waals surface area contributed by atoms with Gasteiger partial charge in [0.25, 0.3) is 0 Å². The first-order valence-electron chi connectivity index (χ1n) is 9.52. The average Bonchev–Trinajstić information content (AvgIpc) is 3.01. The molecule has 0 radical (unpaired) electrons. The Labute approximate surface area is 194 Å². The Hall–Kier alpha value is -2.10. The van der Waals surface area contributed by atoms with Crippen molar-refractivity contribution in [3.8, 4) is 5.75 Å². The molecule has 3 rings (SSSR count). The number of carbonyl (C=O) groups is 2. The Morgan fingerprint density at radius 3 is 2.61 bits per heavy atom. The second-order valence-electron chi connectivity index (χ2n) is 7.32. The molecule has 1 N–H and O–H groups in total. The highest BCUT2D eigenvalue weighted by molar-refractivity contribution is 9.10. The van der Waals surface area contributed by atoms with Crippen LogP contribution in [0.4, 0.5) is 11.4 Å². The maximum atomic E-state index is 13.1. The van der Waals surface area contributed by atoms with Gasteiger partial charge in [-0.2, -0.15) is 0 Å². The molecule has 31 heavy (non-hydrogen) atoms. The molecule has 1 aliphatic heterocycles. The zero-order valence-corrected chi connectivity index (χ0v) is 20.4. The number of methoxy groups -OCH3 is 1. The quantitative estimate of drug-likeness (QED) is 0.605. The topological polar surface area (TPSA) is 92.8 Å². The lowest BCUT2D eigenvalue weighted by molar-refractivity contribution is -0.117. The van der Waals surface area contributed by atoms with Crippen LogP contribution in [-0.2, 0) is 25.8 Å². The van der Waals surface area contributed by atoms with Crippen LogP contribution >= 0.6 is 27.5 Å². The number of carbonyl (C=O) groups excluding carboxylic acids is 2. The predicted octanol–water partition coefficient (Wildman–Crippen LogP) is 4.21. The van der Waals surface area contributed by atoms with Crippen molar-refractivity contribution < 1.29 is 22.7 Å². The summed E-state index contributed by atoms with van der Waals surface area (Å²) in [6.07, 6.45) is 0.318. The fourth-order valence-corrected chi connectivity index (χ4v) is 6.12. The highest BCUT2D eigenvalue weighted by Gasteiger charge is 2.35. The number of hydrogen-bond acceptors (Lipinski definition) is 5. The molecule has 7 nitrogen and oxygen atoms in total. The minimum absolute atomic E-state index is 0.0525. The van der Waals surface area contributed by atoms with E-state index in [1.54, 1.807) is 12.1 Å². The third-order valence-electron chi connectivity index (χ3n) is 5.02. The maximum Gasteiger partial charge on any atom is 0.225 e. The Bertz CT molecular complexity index is 1150. The number of rotatable bonds is 6. The number of ether oxygens (including phenoxy) is 1. The molecule has 10 heteroatoms. The van der Waals surface area contributed by atoms with Crippen molar-refractivity contribution in [2.24, 2.45) is 0 Å². The van der Waals surface area contributed by atoms with Crippen molar-refractivity contribution in [2.75, 3.05) is 23.1 Å². The SMILES string of the molecule is COc1ccc(NC(=O)CCS(=O)(=O)c2cc(Br)cc3c2N(C(C)=O)[C@@H](C)C3)cc1Cl. The number of fused-ring (bicyclic) bond motifs is 1. The van der Waals surface area contributed by atoms with Gasteiger partial charge in [-0.3, -0.25) is 9.59 Å². The van der Waals surface area contributed by atoms with E-state index >= 15 is 0 Å². The summed E-state index contributed by atoms with van der Waals surface area (Å²) in [5.41, 5.74) is 1.63. The molecule has 0 saturated heterocycles. The third kappa shape index (κ3) is 5.05. The van der Waals surface area contributed by atoms with Gasteiger partial charge in [0, 0.05) is 29.5 Å². The normalized spacial score (nSPS) is 15.5. The first-order chi connectivity index (χ1) is 14.5. The zero-order valence-electron chi connectivity index (χ0n) is 17.2. The van der Waals surface area contributed by atoms with E-state index in [-0.39, 0.29) is 23.3 Å². The molecule has 0 aliphatic carbocycles. The van der Waals surface area contributed by atoms with Crippen molar-refractivity contribution in [1.29, 1.82) is 0 Å². The number of nitrogens with one attached hydrogen (secondary N) is 1. The smallest absolute Gasteiger partial charge is 0.225 e. The summed E-state index contributed by atoms with van der Waals surface area (Å²) in [7, 11) is -2.35. The average molecular weight is 530 g/mol. The Balaban J connectivity index is 1.80. The van der Waals surface area contributed by atoms with Gasteiger partial charge in [0.15, 0.2) is 9.84 Å². The molecule has 0 unspecified atom stereocenters. The number of benzene rings is 2. The zero-order chi connectivity index (χ0) is 22.9. The first kappa shape index (κ1) is 23.6. The van der Waals surface area contributed by atoms with Crippen LogP contribution in [0.25, 0.3) is 0 Å². The van der Waals surface area contributed by atoms with Crippen LogP contribution in [0.3, 0.4) is 0 Å². The van der Waals surface area contributed by atoms with Crippen molar-refractivity contribution in [3.63, 3.8) is 0 Å². The van der Waals surface area contributed by atoms with Crippen molar-refractivity contribution in [2.45, 2.75) is 37.6 Å². The summed E-state index contributed by atoms with van der Waals surface area (Å²) < 4.78 is 32.0. The summed E-state index contributed by atoms with van der Waals surface area (Å²) in [6, 6.07) is 7.93. The van der Waals surface area contributed by atoms with Gasteiger partial charge in [-0.1, -0.05) is 27.5 Å². The molecule has 2 aromatic rings. The monoisotopic (exact) mass is 528 g/mol. The Kier molecular flexibility index (Phi) is 6.98. The van der Waals surface area contributed by atoms with E-state index in [9.17, 15) is 18.0 Å². The summed E-state index contributed by atoms with van der Waals surface area (Å²) in [6.45, 7) is 3.29. The summed E-state index contributed by atoms with van der Waals surface area (Å²) >= 11 is 9.41. The van der Waals surface area contributed by atoms with E-state index in [1.165, 1.54) is 31.1 Å². The van der Waals surface area contributed by atoms with Crippen LogP contribution in [0.1, 0.15) is 25.8 Å². The minimum Gasteiger partial charge on any atom is -0.495 e. The number of hydrogen-bond donors (Lipinski definition) is 1. The largest absolute Gasteiger partial charge is 0.495 e. The lowest BCUT2D eigenvalue weighted by Gasteiger charge is -2.23. The molecule has 0 bridgehead atoms. The van der Waals surface area contributed by atoms with E-state index in [2.05, 4.69) is 21.2 Å². The van der Waals surface area contributed by atoms with Gasteiger partial charge >= 0.3 is 0 Å². The lowest BCUT2D eigenvalue weighted by Crippen LogP contribution is -2.34. The van der Waals surface area contributed by atoms with Crippen molar-refractivity contribution >= 4 is 60.6 Å². The molecule has 166 valence electrons. The van der Waals surface area contributed by atoms with E-state index < -0.39 is 21.5 Å². The van der Waals surface area contributed by atoms with E-state index in [0.717, 1.165) is 5.56 Å². The van der Waals surface area contributed by atoms with Gasteiger partial charge in [-0.05, 0) is 49.2 Å². The van der Waals surface area contributed by atoms with Gasteiger partial charge in [0.1, 0.15) is 5.75 Å². The highest BCUT2D eigenvalue weighted by atomic mass is 79.9. The summed E-state index contributed by atoms with van der Waals surface area (Å²) in [4.78, 5) is 26.1. The molecule has 1 aliphatic rings. The van der Waals surface area contributed by atoms with Crippen LogP contribution < -0.4 is 15.0 Å². The van der Waals surface area contributed by atoms with Gasteiger partial charge in [0.2, 0.25) is 11.8 Å². The van der Waals surface area contributed by atoms with E-state index in [4.69, 9.17) is 16.3 Å². The molecular weight excluding hydrogens is 508 g/mol. The number of halogens is 2. The van der Waals surface area contributed by atoms with Crippen LogP contribution in [0.2, 0.25) is 5.02 Å². The van der Waals surface area contributed by atoms with E-state index in [1.807, 2.05) is 13.0 Å². The van der Waals surface area contributed by atoms with Crippen LogP contribution in [0.15, 0.2) is 39.7 Å². The fraction of sp³-hybridized carbons (Fsp3) is 0.333. The number of anilines is 2. The molecule has 1 atom stereocenters. The van der Waals surface area contributed by atoms with Crippen LogP contribution in [-0.4, -0.2) is 39.1 Å². The Morgan fingerprint density at radius 1 is 1.29 bits per heavy atom. The standard InChI is InChI=1S/C21H22BrClN2O5S/c1-12-8-14-9-15(22)10-19(21(14)25(12)13(2)26)31(28,29)7-6-20(27)24-16-4-5-18(30-3)17(23)11-16/h4-5,9-12H,6-8H2,1-3H3,(H,24,27)/t12-/m0/s1. The van der Waals surface area contributed by atoms with Crippen LogP contribution in [0, 0.1) is 0 Å². The second-order valence-corrected chi connectivity index (χ2v) is 10.7. The molecule has 0 spiro atoms. The lowest BCUT2D eigenvalue weighted by atomic mass is 10.1.